The molecule has 2 rings (SSSR count). The van der Waals surface area contributed by atoms with E-state index < -0.39 is 0 Å². The first-order valence-electron chi connectivity index (χ1n) is 4.76. The highest BCUT2D eigenvalue weighted by Gasteiger charge is 1.94. The van der Waals surface area contributed by atoms with E-state index in [4.69, 9.17) is 0 Å². The van der Waals surface area contributed by atoms with Gasteiger partial charge in [0.15, 0.2) is 0 Å². The Hall–Kier alpha value is 0.0900. The SMILES string of the molecule is CCI.Cc1ccc2ccc(I)nc2c1. The first-order valence-corrected chi connectivity index (χ1v) is 7.36. The van der Waals surface area contributed by atoms with E-state index in [1.54, 1.807) is 0 Å². The van der Waals surface area contributed by atoms with Crippen LogP contribution in [-0.4, -0.2) is 9.41 Å². The molecule has 1 nitrogen and oxygen atoms in total. The number of rotatable bonds is 0. The average molecular weight is 425 g/mol. The monoisotopic (exact) mass is 425 g/mol. The van der Waals surface area contributed by atoms with E-state index in [-0.39, 0.29) is 0 Å². The van der Waals surface area contributed by atoms with E-state index in [1.807, 2.05) is 6.07 Å². The summed E-state index contributed by atoms with van der Waals surface area (Å²) in [5, 5.41) is 1.21. The van der Waals surface area contributed by atoms with Crippen molar-refractivity contribution in [2.45, 2.75) is 13.8 Å². The number of benzene rings is 1. The summed E-state index contributed by atoms with van der Waals surface area (Å²) in [6, 6.07) is 10.4. The molecule has 1 aromatic heterocycles. The number of hydrogen-bond acceptors (Lipinski definition) is 1. The van der Waals surface area contributed by atoms with Crippen LogP contribution in [0.4, 0.5) is 0 Å². The number of halogens is 2. The quantitative estimate of drug-likeness (QED) is 0.342. The van der Waals surface area contributed by atoms with Gasteiger partial charge < -0.3 is 0 Å². The van der Waals surface area contributed by atoms with E-state index in [1.165, 1.54) is 15.4 Å². The van der Waals surface area contributed by atoms with Crippen molar-refractivity contribution in [1.29, 1.82) is 0 Å². The van der Waals surface area contributed by atoms with Crippen LogP contribution in [0.5, 0.6) is 0 Å². The van der Waals surface area contributed by atoms with Gasteiger partial charge in [0.05, 0.1) is 5.52 Å². The van der Waals surface area contributed by atoms with Crippen LogP contribution in [0.3, 0.4) is 0 Å². The Morgan fingerprint density at radius 2 is 1.80 bits per heavy atom. The molecule has 0 spiro atoms. The van der Waals surface area contributed by atoms with E-state index in [2.05, 4.69) is 88.3 Å². The summed E-state index contributed by atoms with van der Waals surface area (Å²) < 4.78 is 2.27. The fourth-order valence-corrected chi connectivity index (χ4v) is 1.64. The molecule has 0 N–H and O–H groups in total. The van der Waals surface area contributed by atoms with Crippen molar-refractivity contribution < 1.29 is 0 Å². The largest absolute Gasteiger partial charge is 0.242 e. The summed E-state index contributed by atoms with van der Waals surface area (Å²) in [6.45, 7) is 4.20. The smallest absolute Gasteiger partial charge is 0.102 e. The lowest BCUT2D eigenvalue weighted by Gasteiger charge is -1.98. The molecule has 1 heterocycles. The Kier molecular flexibility index (Phi) is 5.81. The highest BCUT2D eigenvalue weighted by molar-refractivity contribution is 14.1. The maximum Gasteiger partial charge on any atom is 0.102 e. The van der Waals surface area contributed by atoms with Crippen molar-refractivity contribution in [3.8, 4) is 0 Å². The third kappa shape index (κ3) is 4.22. The Bertz CT molecular complexity index is 404. The van der Waals surface area contributed by atoms with Crippen molar-refractivity contribution in [2.75, 3.05) is 4.43 Å². The van der Waals surface area contributed by atoms with Crippen LogP contribution in [0, 0.1) is 10.6 Å². The molecule has 0 amide bonds. The second-order valence-corrected chi connectivity index (χ2v) is 5.73. The molecular weight excluding hydrogens is 412 g/mol. The summed E-state index contributed by atoms with van der Waals surface area (Å²) in [5.41, 5.74) is 2.35. The minimum atomic E-state index is 1.05. The van der Waals surface area contributed by atoms with Crippen LogP contribution in [-0.2, 0) is 0 Å². The lowest BCUT2D eigenvalue weighted by atomic mass is 10.1. The minimum absolute atomic E-state index is 1.05. The maximum atomic E-state index is 4.42. The molecule has 15 heavy (non-hydrogen) atoms. The van der Waals surface area contributed by atoms with Gasteiger partial charge in [-0.3, -0.25) is 0 Å². The number of aromatic nitrogens is 1. The molecule has 3 heteroatoms. The van der Waals surface area contributed by atoms with E-state index >= 15 is 0 Å². The highest BCUT2D eigenvalue weighted by atomic mass is 127. The molecule has 0 saturated heterocycles. The molecule has 0 aliphatic carbocycles. The van der Waals surface area contributed by atoms with Crippen LogP contribution in [0.15, 0.2) is 30.3 Å². The van der Waals surface area contributed by atoms with Gasteiger partial charge in [-0.15, -0.1) is 0 Å². The van der Waals surface area contributed by atoms with Gasteiger partial charge in [0.2, 0.25) is 0 Å². The van der Waals surface area contributed by atoms with Gasteiger partial charge in [0.25, 0.3) is 0 Å². The Labute approximate surface area is 118 Å². The van der Waals surface area contributed by atoms with Crippen molar-refractivity contribution in [2.24, 2.45) is 0 Å². The van der Waals surface area contributed by atoms with Crippen LogP contribution < -0.4 is 0 Å². The molecule has 0 aliphatic rings. The van der Waals surface area contributed by atoms with Gasteiger partial charge in [0.1, 0.15) is 3.70 Å². The zero-order chi connectivity index (χ0) is 11.3. The number of nitrogens with zero attached hydrogens (tertiary/aromatic N) is 1. The summed E-state index contributed by atoms with van der Waals surface area (Å²) in [6.07, 6.45) is 0. The van der Waals surface area contributed by atoms with E-state index in [0.29, 0.717) is 0 Å². The first-order chi connectivity index (χ1) is 7.17. The fraction of sp³-hybridized carbons (Fsp3) is 0.250. The van der Waals surface area contributed by atoms with Crippen LogP contribution in [0.2, 0.25) is 0 Å². The Morgan fingerprint density at radius 1 is 1.20 bits per heavy atom. The Balaban J connectivity index is 0.000000337. The zero-order valence-corrected chi connectivity index (χ0v) is 13.1. The van der Waals surface area contributed by atoms with Gasteiger partial charge >= 0.3 is 0 Å². The Morgan fingerprint density at radius 3 is 2.47 bits per heavy atom. The van der Waals surface area contributed by atoms with Crippen molar-refractivity contribution in [3.05, 3.63) is 39.6 Å². The third-order valence-corrected chi connectivity index (χ3v) is 2.41. The number of pyridine rings is 1. The predicted molar refractivity (Wildman–Crippen MR) is 83.8 cm³/mol. The second kappa shape index (κ2) is 6.62. The summed E-state index contributed by atoms with van der Waals surface area (Å²) in [7, 11) is 0. The second-order valence-electron chi connectivity index (χ2n) is 3.10. The molecule has 1 aromatic carbocycles. The van der Waals surface area contributed by atoms with Crippen molar-refractivity contribution in [1.82, 2.24) is 4.98 Å². The number of aryl methyl sites for hydroxylation is 1. The molecular formula is C12H13I2N. The summed E-state index contributed by atoms with van der Waals surface area (Å²) >= 11 is 4.52. The normalized spacial score (nSPS) is 9.60. The summed E-state index contributed by atoms with van der Waals surface area (Å²) in [4.78, 5) is 4.42. The lowest BCUT2D eigenvalue weighted by Crippen LogP contribution is -1.82. The van der Waals surface area contributed by atoms with E-state index in [9.17, 15) is 0 Å². The minimum Gasteiger partial charge on any atom is -0.242 e. The fourth-order valence-electron chi connectivity index (χ4n) is 1.20. The zero-order valence-electron chi connectivity index (χ0n) is 8.80. The molecule has 0 radical (unpaired) electrons. The van der Waals surface area contributed by atoms with Gasteiger partial charge in [-0.25, -0.2) is 4.98 Å². The molecule has 80 valence electrons. The molecule has 0 fully saturated rings. The number of alkyl halides is 1. The van der Waals surface area contributed by atoms with Crippen molar-refractivity contribution >= 4 is 56.1 Å². The van der Waals surface area contributed by atoms with Crippen LogP contribution in [0.1, 0.15) is 12.5 Å². The first kappa shape index (κ1) is 13.2. The van der Waals surface area contributed by atoms with Crippen LogP contribution >= 0.6 is 45.2 Å². The highest BCUT2D eigenvalue weighted by Crippen LogP contribution is 2.14. The standard InChI is InChI=1S/C10H8IN.C2H5I/c1-7-2-3-8-4-5-10(11)12-9(8)6-7;1-2-3/h2-6H,1H3;2H2,1H3. The maximum absolute atomic E-state index is 4.42. The molecule has 0 bridgehead atoms. The van der Waals surface area contributed by atoms with Crippen molar-refractivity contribution in [3.63, 3.8) is 0 Å². The lowest BCUT2D eigenvalue weighted by molar-refractivity contribution is 1.33. The van der Waals surface area contributed by atoms with Gasteiger partial charge in [-0.2, -0.15) is 0 Å². The molecule has 0 saturated carbocycles. The van der Waals surface area contributed by atoms with Crippen LogP contribution in [0.25, 0.3) is 10.9 Å². The van der Waals surface area contributed by atoms with E-state index in [0.717, 1.165) is 9.22 Å². The molecule has 0 atom stereocenters. The molecule has 0 unspecified atom stereocenters. The van der Waals surface area contributed by atoms with Gasteiger partial charge in [0, 0.05) is 5.39 Å². The summed E-state index contributed by atoms with van der Waals surface area (Å²) in [5.74, 6) is 0. The number of fused-ring (bicyclic) bond motifs is 1. The molecule has 2 aromatic rings. The average Bonchev–Trinajstić information content (AvgIpc) is 2.18. The predicted octanol–water partition coefficient (Wildman–Crippen LogP) is 4.59. The number of hydrogen-bond donors (Lipinski definition) is 0. The topological polar surface area (TPSA) is 12.9 Å². The molecule has 0 aliphatic heterocycles. The van der Waals surface area contributed by atoms with Gasteiger partial charge in [-0.05, 0) is 51.6 Å². The van der Waals surface area contributed by atoms with Gasteiger partial charge in [-0.1, -0.05) is 47.7 Å². The third-order valence-electron chi connectivity index (χ3n) is 1.81.